The molecule has 2 aromatic rings. The summed E-state index contributed by atoms with van der Waals surface area (Å²) in [5.74, 6) is -1.31. The summed E-state index contributed by atoms with van der Waals surface area (Å²) in [6, 6.07) is 5.34. The van der Waals surface area contributed by atoms with E-state index in [4.69, 9.17) is 11.6 Å². The van der Waals surface area contributed by atoms with Gasteiger partial charge in [-0.3, -0.25) is 29.9 Å². The van der Waals surface area contributed by atoms with Gasteiger partial charge in [-0.25, -0.2) is 4.79 Å². The van der Waals surface area contributed by atoms with Crippen LogP contribution in [0.3, 0.4) is 0 Å². The van der Waals surface area contributed by atoms with Crippen LogP contribution in [0.2, 0.25) is 5.02 Å². The number of urea groups is 1. The summed E-state index contributed by atoms with van der Waals surface area (Å²) in [7, 11) is 0. The Morgan fingerprint density at radius 2 is 1.84 bits per heavy atom. The molecule has 1 aliphatic heterocycles. The lowest BCUT2D eigenvalue weighted by Crippen LogP contribution is -2.57. The quantitative estimate of drug-likeness (QED) is 0.322. The van der Waals surface area contributed by atoms with E-state index in [2.05, 4.69) is 5.32 Å². The Morgan fingerprint density at radius 3 is 2.47 bits per heavy atom. The van der Waals surface area contributed by atoms with Crippen molar-refractivity contribution in [3.05, 3.63) is 61.9 Å². The topological polar surface area (TPSA) is 115 Å². The smallest absolute Gasteiger partial charge is 0.318 e. The average Bonchev–Trinajstić information content (AvgIpc) is 3.33. The summed E-state index contributed by atoms with van der Waals surface area (Å²) < 4.78 is 1.83. The van der Waals surface area contributed by atoms with Gasteiger partial charge in [-0.2, -0.15) is 0 Å². The standard InChI is InChI=1S/C22H21ClN4O5/c1-12-9-14(13(2)25(12)16-7-8-19(27(31)32)18(23)11-16)10-17-20(28)24-22(30)26(21(17)29)15-5-3-4-6-15/h7-11,15H,3-6H2,1-2H3,(H,24,28,30)/b17-10+. The van der Waals surface area contributed by atoms with Crippen molar-refractivity contribution in [2.45, 2.75) is 45.6 Å². The minimum absolute atomic E-state index is 0.00691. The van der Waals surface area contributed by atoms with Crippen LogP contribution in [0, 0.1) is 24.0 Å². The number of carbonyl (C=O) groups is 3. The molecule has 166 valence electrons. The van der Waals surface area contributed by atoms with E-state index in [1.54, 1.807) is 19.1 Å². The van der Waals surface area contributed by atoms with Crippen LogP contribution in [0.4, 0.5) is 10.5 Å². The van der Waals surface area contributed by atoms with Gasteiger partial charge in [0.05, 0.1) is 4.92 Å². The Hall–Kier alpha value is -3.46. The predicted molar refractivity (Wildman–Crippen MR) is 118 cm³/mol. The number of carbonyl (C=O) groups excluding carboxylic acids is 3. The summed E-state index contributed by atoms with van der Waals surface area (Å²) in [6.45, 7) is 3.64. The maximum atomic E-state index is 13.0. The molecule has 32 heavy (non-hydrogen) atoms. The number of hydrogen-bond acceptors (Lipinski definition) is 5. The van der Waals surface area contributed by atoms with Crippen molar-refractivity contribution in [1.82, 2.24) is 14.8 Å². The lowest BCUT2D eigenvalue weighted by atomic mass is 10.1. The molecular weight excluding hydrogens is 436 g/mol. The SMILES string of the molecule is Cc1cc(/C=C2\C(=O)NC(=O)N(C3CCCC3)C2=O)c(C)n1-c1ccc([N+](=O)[O-])c(Cl)c1. The second-order valence-electron chi connectivity index (χ2n) is 7.99. The Balaban J connectivity index is 1.72. The lowest BCUT2D eigenvalue weighted by molar-refractivity contribution is -0.384. The zero-order chi connectivity index (χ0) is 23.2. The van der Waals surface area contributed by atoms with Gasteiger partial charge in [0.25, 0.3) is 17.5 Å². The van der Waals surface area contributed by atoms with Gasteiger partial charge >= 0.3 is 6.03 Å². The van der Waals surface area contributed by atoms with E-state index in [-0.39, 0.29) is 22.3 Å². The molecule has 2 heterocycles. The van der Waals surface area contributed by atoms with Gasteiger partial charge in [-0.05, 0) is 56.5 Å². The zero-order valence-corrected chi connectivity index (χ0v) is 18.3. The minimum Gasteiger partial charge on any atom is -0.318 e. The number of barbiturate groups is 1. The maximum absolute atomic E-state index is 13.0. The molecule has 0 spiro atoms. The van der Waals surface area contributed by atoms with Gasteiger partial charge in [0, 0.05) is 29.2 Å². The largest absolute Gasteiger partial charge is 0.331 e. The third-order valence-corrected chi connectivity index (χ3v) is 6.28. The fourth-order valence-electron chi connectivity index (χ4n) is 4.43. The number of imide groups is 2. The van der Waals surface area contributed by atoms with Crippen LogP contribution in [0.25, 0.3) is 11.8 Å². The van der Waals surface area contributed by atoms with E-state index >= 15 is 0 Å². The van der Waals surface area contributed by atoms with E-state index in [0.29, 0.717) is 16.9 Å². The molecular formula is C22H21ClN4O5. The highest BCUT2D eigenvalue weighted by Gasteiger charge is 2.40. The van der Waals surface area contributed by atoms with Gasteiger partial charge < -0.3 is 4.57 Å². The molecule has 2 aliphatic rings. The second-order valence-corrected chi connectivity index (χ2v) is 8.39. The summed E-state index contributed by atoms with van der Waals surface area (Å²) >= 11 is 6.07. The number of aromatic nitrogens is 1. The van der Waals surface area contributed by atoms with Crippen molar-refractivity contribution >= 4 is 41.2 Å². The summed E-state index contributed by atoms with van der Waals surface area (Å²) in [5.41, 5.74) is 2.44. The molecule has 1 aliphatic carbocycles. The molecule has 0 atom stereocenters. The van der Waals surface area contributed by atoms with Gasteiger partial charge in [0.1, 0.15) is 10.6 Å². The molecule has 1 saturated heterocycles. The Morgan fingerprint density at radius 1 is 1.16 bits per heavy atom. The van der Waals surface area contributed by atoms with Crippen molar-refractivity contribution in [1.29, 1.82) is 0 Å². The number of aryl methyl sites for hydroxylation is 1. The van der Waals surface area contributed by atoms with Crippen molar-refractivity contribution in [2.75, 3.05) is 0 Å². The highest BCUT2D eigenvalue weighted by molar-refractivity contribution is 6.33. The summed E-state index contributed by atoms with van der Waals surface area (Å²) in [5, 5.41) is 13.3. The van der Waals surface area contributed by atoms with Crippen LogP contribution in [0.1, 0.15) is 42.6 Å². The first-order valence-electron chi connectivity index (χ1n) is 10.2. The lowest BCUT2D eigenvalue weighted by Gasteiger charge is -2.31. The Labute approximate surface area is 188 Å². The number of amides is 4. The van der Waals surface area contributed by atoms with Crippen molar-refractivity contribution < 1.29 is 19.3 Å². The molecule has 4 rings (SSSR count). The van der Waals surface area contributed by atoms with E-state index in [0.717, 1.165) is 36.3 Å². The van der Waals surface area contributed by atoms with Crippen molar-refractivity contribution in [3.63, 3.8) is 0 Å². The number of benzene rings is 1. The average molecular weight is 457 g/mol. The van der Waals surface area contributed by atoms with E-state index in [1.807, 2.05) is 11.5 Å². The fraction of sp³-hybridized carbons (Fsp3) is 0.318. The number of nitrogens with zero attached hydrogens (tertiary/aromatic N) is 3. The van der Waals surface area contributed by atoms with Gasteiger partial charge in [-0.15, -0.1) is 0 Å². The highest BCUT2D eigenvalue weighted by atomic mass is 35.5. The Bertz CT molecular complexity index is 1190. The van der Waals surface area contributed by atoms with Crippen LogP contribution in [0.5, 0.6) is 0 Å². The fourth-order valence-corrected chi connectivity index (χ4v) is 4.68. The number of rotatable bonds is 4. The predicted octanol–water partition coefficient (Wildman–Crippen LogP) is 4.06. The van der Waals surface area contributed by atoms with Gasteiger partial charge in [-0.1, -0.05) is 24.4 Å². The number of hydrogen-bond donors (Lipinski definition) is 1. The van der Waals surface area contributed by atoms with Gasteiger partial charge in [0.2, 0.25) is 0 Å². The summed E-state index contributed by atoms with van der Waals surface area (Å²) in [4.78, 5) is 49.5. The van der Waals surface area contributed by atoms with E-state index in [9.17, 15) is 24.5 Å². The summed E-state index contributed by atoms with van der Waals surface area (Å²) in [6.07, 6.45) is 4.82. The first-order chi connectivity index (χ1) is 15.2. The highest BCUT2D eigenvalue weighted by Crippen LogP contribution is 2.31. The first kappa shape index (κ1) is 21.8. The monoisotopic (exact) mass is 456 g/mol. The molecule has 0 bridgehead atoms. The van der Waals surface area contributed by atoms with Crippen LogP contribution in [-0.2, 0) is 9.59 Å². The number of nitro benzene ring substituents is 1. The maximum Gasteiger partial charge on any atom is 0.331 e. The molecule has 1 aromatic carbocycles. The third kappa shape index (κ3) is 3.69. The number of halogens is 1. The molecule has 2 fully saturated rings. The van der Waals surface area contributed by atoms with Crippen LogP contribution < -0.4 is 5.32 Å². The number of nitrogens with one attached hydrogen (secondary N) is 1. The molecule has 1 aromatic heterocycles. The van der Waals surface area contributed by atoms with Gasteiger partial charge in [0.15, 0.2) is 0 Å². The molecule has 4 amide bonds. The minimum atomic E-state index is -0.725. The molecule has 10 heteroatoms. The Kier molecular flexibility index (Phi) is 5.60. The van der Waals surface area contributed by atoms with Crippen molar-refractivity contribution in [3.8, 4) is 5.69 Å². The third-order valence-electron chi connectivity index (χ3n) is 5.98. The number of nitro groups is 1. The zero-order valence-electron chi connectivity index (χ0n) is 17.6. The normalized spacial score (nSPS) is 18.5. The molecule has 9 nitrogen and oxygen atoms in total. The van der Waals surface area contributed by atoms with Crippen LogP contribution in [0.15, 0.2) is 29.8 Å². The second kappa shape index (κ2) is 8.23. The molecule has 0 radical (unpaired) electrons. The van der Waals surface area contributed by atoms with E-state index in [1.165, 1.54) is 18.2 Å². The molecule has 1 N–H and O–H groups in total. The van der Waals surface area contributed by atoms with Crippen LogP contribution >= 0.6 is 11.6 Å². The first-order valence-corrected chi connectivity index (χ1v) is 10.6. The van der Waals surface area contributed by atoms with Crippen molar-refractivity contribution in [2.24, 2.45) is 0 Å². The molecule has 0 unspecified atom stereocenters. The van der Waals surface area contributed by atoms with Crippen LogP contribution in [-0.4, -0.2) is 38.3 Å². The molecule has 1 saturated carbocycles. The van der Waals surface area contributed by atoms with E-state index < -0.39 is 22.8 Å².